The molecule has 1 aliphatic carbocycles. The van der Waals surface area contributed by atoms with E-state index < -0.39 is 5.97 Å². The van der Waals surface area contributed by atoms with Crippen LogP contribution in [-0.2, 0) is 4.74 Å². The third-order valence-corrected chi connectivity index (χ3v) is 3.68. The Bertz CT molecular complexity index is 424. The van der Waals surface area contributed by atoms with Gasteiger partial charge >= 0.3 is 5.97 Å². The van der Waals surface area contributed by atoms with Gasteiger partial charge in [0, 0.05) is 6.61 Å². The number of hydrogen-bond acceptors (Lipinski definition) is 3. The van der Waals surface area contributed by atoms with Crippen LogP contribution in [0.1, 0.15) is 42.5 Å². The van der Waals surface area contributed by atoms with Crippen LogP contribution < -0.4 is 4.74 Å². The molecule has 1 aromatic rings. The van der Waals surface area contributed by atoms with Gasteiger partial charge in [0.15, 0.2) is 0 Å². The third kappa shape index (κ3) is 4.53. The molecule has 110 valence electrons. The molecule has 0 unspecified atom stereocenters. The maximum atomic E-state index is 11.0. The SMILES string of the molecule is O=C(O)c1ccccc1OCCOCC1CCCCC1. The summed E-state index contributed by atoms with van der Waals surface area (Å²) in [7, 11) is 0. The number of aromatic carboxylic acids is 1. The number of hydrogen-bond donors (Lipinski definition) is 1. The maximum Gasteiger partial charge on any atom is 0.339 e. The normalized spacial score (nSPS) is 16.0. The summed E-state index contributed by atoms with van der Waals surface area (Å²) in [6.45, 7) is 1.69. The van der Waals surface area contributed by atoms with Crippen molar-refractivity contribution in [3.8, 4) is 5.75 Å². The molecule has 4 heteroatoms. The van der Waals surface area contributed by atoms with E-state index in [1.54, 1.807) is 24.3 Å². The fourth-order valence-electron chi connectivity index (χ4n) is 2.58. The van der Waals surface area contributed by atoms with Crippen molar-refractivity contribution in [2.45, 2.75) is 32.1 Å². The van der Waals surface area contributed by atoms with Crippen LogP contribution in [0.4, 0.5) is 0 Å². The molecule has 0 radical (unpaired) electrons. The van der Waals surface area contributed by atoms with Crippen molar-refractivity contribution < 1.29 is 19.4 Å². The Balaban J connectivity index is 1.67. The van der Waals surface area contributed by atoms with Crippen LogP contribution in [0.15, 0.2) is 24.3 Å². The Morgan fingerprint density at radius 3 is 2.65 bits per heavy atom. The summed E-state index contributed by atoms with van der Waals surface area (Å²) in [5.74, 6) is 0.125. The molecule has 20 heavy (non-hydrogen) atoms. The fraction of sp³-hybridized carbons (Fsp3) is 0.562. The number of benzene rings is 1. The molecule has 0 saturated heterocycles. The van der Waals surface area contributed by atoms with E-state index in [9.17, 15) is 4.79 Å². The monoisotopic (exact) mass is 278 g/mol. The molecular formula is C16H22O4. The molecule has 1 aliphatic rings. The van der Waals surface area contributed by atoms with Gasteiger partial charge in [-0.25, -0.2) is 4.79 Å². The lowest BCUT2D eigenvalue weighted by molar-refractivity contribution is 0.0612. The molecule has 0 aromatic heterocycles. The lowest BCUT2D eigenvalue weighted by Crippen LogP contribution is -2.16. The van der Waals surface area contributed by atoms with Crippen LogP contribution in [0.3, 0.4) is 0 Å². The highest BCUT2D eigenvalue weighted by atomic mass is 16.5. The molecule has 0 aliphatic heterocycles. The quantitative estimate of drug-likeness (QED) is 0.777. The Labute approximate surface area is 119 Å². The predicted molar refractivity (Wildman–Crippen MR) is 76.3 cm³/mol. The van der Waals surface area contributed by atoms with E-state index in [0.717, 1.165) is 6.61 Å². The highest BCUT2D eigenvalue weighted by molar-refractivity contribution is 5.90. The highest BCUT2D eigenvalue weighted by Crippen LogP contribution is 2.23. The maximum absolute atomic E-state index is 11.0. The first-order valence-electron chi connectivity index (χ1n) is 7.30. The standard InChI is InChI=1S/C16H22O4/c17-16(18)14-8-4-5-9-15(14)20-11-10-19-12-13-6-2-1-3-7-13/h4-5,8-9,13H,1-3,6-7,10-12H2,(H,17,18). The van der Waals surface area contributed by atoms with E-state index in [1.165, 1.54) is 32.1 Å². The first-order valence-corrected chi connectivity index (χ1v) is 7.30. The zero-order valence-corrected chi connectivity index (χ0v) is 11.7. The Morgan fingerprint density at radius 1 is 1.15 bits per heavy atom. The zero-order chi connectivity index (χ0) is 14.2. The molecular weight excluding hydrogens is 256 g/mol. The van der Waals surface area contributed by atoms with Crippen molar-refractivity contribution in [1.29, 1.82) is 0 Å². The Hall–Kier alpha value is -1.55. The first-order chi connectivity index (χ1) is 9.77. The number of para-hydroxylation sites is 1. The van der Waals surface area contributed by atoms with Crippen LogP contribution in [0, 0.1) is 5.92 Å². The van der Waals surface area contributed by atoms with Gasteiger partial charge in [-0.1, -0.05) is 31.4 Å². The fourth-order valence-corrected chi connectivity index (χ4v) is 2.58. The highest BCUT2D eigenvalue weighted by Gasteiger charge is 2.13. The lowest BCUT2D eigenvalue weighted by atomic mass is 9.90. The van der Waals surface area contributed by atoms with Gasteiger partial charge in [0.1, 0.15) is 17.9 Å². The Morgan fingerprint density at radius 2 is 1.90 bits per heavy atom. The van der Waals surface area contributed by atoms with Gasteiger partial charge in [-0.2, -0.15) is 0 Å². The second kappa shape index (κ2) is 7.90. The van der Waals surface area contributed by atoms with Crippen molar-refractivity contribution in [2.75, 3.05) is 19.8 Å². The summed E-state index contributed by atoms with van der Waals surface area (Å²) in [6.07, 6.45) is 6.52. The van der Waals surface area contributed by atoms with Crippen molar-refractivity contribution in [3.63, 3.8) is 0 Å². The Kier molecular flexibility index (Phi) is 5.87. The van der Waals surface area contributed by atoms with Crippen molar-refractivity contribution in [3.05, 3.63) is 29.8 Å². The van der Waals surface area contributed by atoms with E-state index in [2.05, 4.69) is 0 Å². The lowest BCUT2D eigenvalue weighted by Gasteiger charge is -2.21. The third-order valence-electron chi connectivity index (χ3n) is 3.68. The van der Waals surface area contributed by atoms with Gasteiger partial charge in [-0.3, -0.25) is 0 Å². The number of carboxylic acids is 1. The summed E-state index contributed by atoms with van der Waals surface area (Å²) < 4.78 is 11.1. The molecule has 1 N–H and O–H groups in total. The van der Waals surface area contributed by atoms with E-state index in [4.69, 9.17) is 14.6 Å². The van der Waals surface area contributed by atoms with Gasteiger partial charge < -0.3 is 14.6 Å². The van der Waals surface area contributed by atoms with Gasteiger partial charge in [-0.15, -0.1) is 0 Å². The topological polar surface area (TPSA) is 55.8 Å². The average molecular weight is 278 g/mol. The molecule has 0 bridgehead atoms. The molecule has 0 spiro atoms. The van der Waals surface area contributed by atoms with Gasteiger partial charge in [-0.05, 0) is 30.9 Å². The second-order valence-corrected chi connectivity index (χ2v) is 5.23. The average Bonchev–Trinajstić information content (AvgIpc) is 2.48. The minimum atomic E-state index is -0.969. The summed E-state index contributed by atoms with van der Waals surface area (Å²) in [5.41, 5.74) is 0.194. The number of rotatable bonds is 7. The van der Waals surface area contributed by atoms with Gasteiger partial charge in [0.05, 0.1) is 6.61 Å². The summed E-state index contributed by atoms with van der Waals surface area (Å²) in [4.78, 5) is 11.0. The summed E-state index contributed by atoms with van der Waals surface area (Å²) in [6, 6.07) is 6.67. The van der Waals surface area contributed by atoms with Crippen molar-refractivity contribution in [2.24, 2.45) is 5.92 Å². The van der Waals surface area contributed by atoms with Gasteiger partial charge in [0.25, 0.3) is 0 Å². The van der Waals surface area contributed by atoms with E-state index in [1.807, 2.05) is 0 Å². The molecule has 4 nitrogen and oxygen atoms in total. The van der Waals surface area contributed by atoms with Crippen LogP contribution in [0.5, 0.6) is 5.75 Å². The molecule has 1 aromatic carbocycles. The summed E-state index contributed by atoms with van der Waals surface area (Å²) in [5, 5.41) is 9.03. The molecule has 0 atom stereocenters. The molecule has 0 amide bonds. The molecule has 1 saturated carbocycles. The predicted octanol–water partition coefficient (Wildman–Crippen LogP) is 3.36. The molecule has 1 fully saturated rings. The van der Waals surface area contributed by atoms with Crippen LogP contribution in [0.2, 0.25) is 0 Å². The van der Waals surface area contributed by atoms with Crippen molar-refractivity contribution in [1.82, 2.24) is 0 Å². The number of carbonyl (C=O) groups is 1. The van der Waals surface area contributed by atoms with E-state index in [0.29, 0.717) is 24.9 Å². The zero-order valence-electron chi connectivity index (χ0n) is 11.7. The van der Waals surface area contributed by atoms with Crippen LogP contribution >= 0.6 is 0 Å². The largest absolute Gasteiger partial charge is 0.490 e. The van der Waals surface area contributed by atoms with Crippen molar-refractivity contribution >= 4 is 5.97 Å². The minimum Gasteiger partial charge on any atom is -0.490 e. The minimum absolute atomic E-state index is 0.194. The second-order valence-electron chi connectivity index (χ2n) is 5.23. The number of carboxylic acid groups (broad SMARTS) is 1. The van der Waals surface area contributed by atoms with Gasteiger partial charge in [0.2, 0.25) is 0 Å². The van der Waals surface area contributed by atoms with Crippen LogP contribution in [-0.4, -0.2) is 30.9 Å². The number of ether oxygens (including phenoxy) is 2. The summed E-state index contributed by atoms with van der Waals surface area (Å²) >= 11 is 0. The van der Waals surface area contributed by atoms with Crippen LogP contribution in [0.25, 0.3) is 0 Å². The van der Waals surface area contributed by atoms with E-state index >= 15 is 0 Å². The first kappa shape index (κ1) is 14.9. The molecule has 2 rings (SSSR count). The molecule has 0 heterocycles. The van der Waals surface area contributed by atoms with E-state index in [-0.39, 0.29) is 5.56 Å². The smallest absolute Gasteiger partial charge is 0.339 e.